The molecule has 1 aromatic heterocycles. The molecule has 1 aromatic carbocycles. The normalized spacial score (nSPS) is 12.1. The molecular weight excluding hydrogens is 252 g/mol. The van der Waals surface area contributed by atoms with E-state index in [1.54, 1.807) is 17.3 Å². The number of hydrogen-bond donors (Lipinski definition) is 2. The van der Waals surface area contributed by atoms with E-state index < -0.39 is 0 Å². The molecule has 0 aliphatic rings. The molecule has 0 bridgehead atoms. The summed E-state index contributed by atoms with van der Waals surface area (Å²) in [6.07, 6.45) is 4.01. The molecule has 1 unspecified atom stereocenters. The highest BCUT2D eigenvalue weighted by atomic mass is 16.2. The van der Waals surface area contributed by atoms with E-state index in [4.69, 9.17) is 5.73 Å². The molecule has 2 rings (SSSR count). The van der Waals surface area contributed by atoms with E-state index in [2.05, 4.69) is 17.1 Å². The minimum atomic E-state index is 0.121. The standard InChI is InChI=1S/C15H20N4O/c1-11(13-3-5-14(16)6-4-13)7-15(20)19(2)10-12-8-17-18-9-12/h3-6,8-9,11H,7,10,16H2,1-2H3,(H,17,18). The van der Waals surface area contributed by atoms with Crippen LogP contribution in [0.1, 0.15) is 30.4 Å². The first-order chi connectivity index (χ1) is 9.56. The summed E-state index contributed by atoms with van der Waals surface area (Å²) in [5.74, 6) is 0.297. The van der Waals surface area contributed by atoms with E-state index in [-0.39, 0.29) is 11.8 Å². The Hall–Kier alpha value is -2.30. The van der Waals surface area contributed by atoms with Gasteiger partial charge in [0.2, 0.25) is 5.91 Å². The van der Waals surface area contributed by atoms with E-state index in [9.17, 15) is 4.79 Å². The molecule has 106 valence electrons. The fraction of sp³-hybridized carbons (Fsp3) is 0.333. The summed E-state index contributed by atoms with van der Waals surface area (Å²) in [5.41, 5.74) is 8.54. The van der Waals surface area contributed by atoms with Crippen molar-refractivity contribution in [1.82, 2.24) is 15.1 Å². The molecule has 0 saturated carbocycles. The van der Waals surface area contributed by atoms with Crippen LogP contribution in [0.15, 0.2) is 36.7 Å². The third kappa shape index (κ3) is 3.60. The van der Waals surface area contributed by atoms with Crippen molar-refractivity contribution in [2.24, 2.45) is 0 Å². The average molecular weight is 272 g/mol. The van der Waals surface area contributed by atoms with Gasteiger partial charge in [0.05, 0.1) is 6.20 Å². The first-order valence-corrected chi connectivity index (χ1v) is 6.63. The molecule has 3 N–H and O–H groups in total. The van der Waals surface area contributed by atoms with Crippen LogP contribution in [0.5, 0.6) is 0 Å². The lowest BCUT2D eigenvalue weighted by Crippen LogP contribution is -2.27. The van der Waals surface area contributed by atoms with Crippen LogP contribution < -0.4 is 5.73 Å². The number of nitrogens with zero attached hydrogens (tertiary/aromatic N) is 2. The quantitative estimate of drug-likeness (QED) is 0.819. The van der Waals surface area contributed by atoms with Crippen molar-refractivity contribution in [2.45, 2.75) is 25.8 Å². The molecule has 2 aromatic rings. The lowest BCUT2D eigenvalue weighted by Gasteiger charge is -2.19. The molecule has 0 spiro atoms. The lowest BCUT2D eigenvalue weighted by atomic mass is 9.97. The highest BCUT2D eigenvalue weighted by molar-refractivity contribution is 5.76. The van der Waals surface area contributed by atoms with Gasteiger partial charge in [0.25, 0.3) is 0 Å². The third-order valence-electron chi connectivity index (χ3n) is 3.39. The predicted octanol–water partition coefficient (Wildman–Crippen LogP) is 2.14. The molecular formula is C15H20N4O. The molecule has 0 aliphatic carbocycles. The lowest BCUT2D eigenvalue weighted by molar-refractivity contribution is -0.130. The van der Waals surface area contributed by atoms with Gasteiger partial charge in [0.15, 0.2) is 0 Å². The number of benzene rings is 1. The summed E-state index contributed by atoms with van der Waals surface area (Å²) in [4.78, 5) is 13.9. The van der Waals surface area contributed by atoms with Crippen molar-refractivity contribution in [1.29, 1.82) is 0 Å². The van der Waals surface area contributed by atoms with Crippen LogP contribution in [0.25, 0.3) is 0 Å². The van der Waals surface area contributed by atoms with Crippen LogP contribution in [0.4, 0.5) is 5.69 Å². The number of nitrogens with two attached hydrogens (primary N) is 1. The SMILES string of the molecule is CC(CC(=O)N(C)Cc1cn[nH]c1)c1ccc(N)cc1. The highest BCUT2D eigenvalue weighted by Crippen LogP contribution is 2.21. The van der Waals surface area contributed by atoms with Gasteiger partial charge < -0.3 is 10.6 Å². The summed E-state index contributed by atoms with van der Waals surface area (Å²) in [6, 6.07) is 7.68. The van der Waals surface area contributed by atoms with E-state index >= 15 is 0 Å². The van der Waals surface area contributed by atoms with Crippen molar-refractivity contribution in [3.05, 3.63) is 47.8 Å². The van der Waals surface area contributed by atoms with Crippen molar-refractivity contribution in [3.63, 3.8) is 0 Å². The number of carbonyl (C=O) groups excluding carboxylic acids is 1. The summed E-state index contributed by atoms with van der Waals surface area (Å²) in [6.45, 7) is 2.62. The van der Waals surface area contributed by atoms with Crippen molar-refractivity contribution in [2.75, 3.05) is 12.8 Å². The Morgan fingerprint density at radius 3 is 2.70 bits per heavy atom. The monoisotopic (exact) mass is 272 g/mol. The number of nitrogens with one attached hydrogen (secondary N) is 1. The number of H-pyrrole nitrogens is 1. The fourth-order valence-electron chi connectivity index (χ4n) is 2.09. The number of anilines is 1. The molecule has 1 heterocycles. The van der Waals surface area contributed by atoms with Gasteiger partial charge in [-0.1, -0.05) is 19.1 Å². The Morgan fingerprint density at radius 2 is 2.10 bits per heavy atom. The van der Waals surface area contributed by atoms with E-state index in [1.165, 1.54) is 0 Å². The number of nitrogen functional groups attached to an aromatic ring is 1. The van der Waals surface area contributed by atoms with Crippen LogP contribution >= 0.6 is 0 Å². The minimum Gasteiger partial charge on any atom is -0.399 e. The minimum absolute atomic E-state index is 0.121. The van der Waals surface area contributed by atoms with Crippen molar-refractivity contribution < 1.29 is 4.79 Å². The number of hydrogen-bond acceptors (Lipinski definition) is 3. The van der Waals surface area contributed by atoms with Crippen LogP contribution in [-0.4, -0.2) is 28.1 Å². The molecule has 0 aliphatic heterocycles. The molecule has 0 saturated heterocycles. The van der Waals surface area contributed by atoms with Gasteiger partial charge in [-0.15, -0.1) is 0 Å². The Morgan fingerprint density at radius 1 is 1.40 bits per heavy atom. The summed E-state index contributed by atoms with van der Waals surface area (Å²) >= 11 is 0. The van der Waals surface area contributed by atoms with Crippen LogP contribution in [0.2, 0.25) is 0 Å². The van der Waals surface area contributed by atoms with Gasteiger partial charge in [-0.05, 0) is 23.6 Å². The molecule has 0 radical (unpaired) electrons. The molecule has 5 heteroatoms. The topological polar surface area (TPSA) is 75.0 Å². The Labute approximate surface area is 118 Å². The first-order valence-electron chi connectivity index (χ1n) is 6.63. The molecule has 20 heavy (non-hydrogen) atoms. The van der Waals surface area contributed by atoms with Gasteiger partial charge in [-0.2, -0.15) is 5.10 Å². The number of aromatic nitrogens is 2. The van der Waals surface area contributed by atoms with Crippen LogP contribution in [0.3, 0.4) is 0 Å². The predicted molar refractivity (Wildman–Crippen MR) is 78.9 cm³/mol. The first kappa shape index (κ1) is 14.1. The fourth-order valence-corrected chi connectivity index (χ4v) is 2.09. The number of amides is 1. The molecule has 0 fully saturated rings. The van der Waals surface area contributed by atoms with Crippen LogP contribution in [-0.2, 0) is 11.3 Å². The summed E-state index contributed by atoms with van der Waals surface area (Å²) < 4.78 is 0. The largest absolute Gasteiger partial charge is 0.399 e. The van der Waals surface area contributed by atoms with Gasteiger partial charge in [0, 0.05) is 37.5 Å². The van der Waals surface area contributed by atoms with Crippen molar-refractivity contribution >= 4 is 11.6 Å². The molecule has 5 nitrogen and oxygen atoms in total. The number of aromatic amines is 1. The second-order valence-corrected chi connectivity index (χ2v) is 5.13. The van der Waals surface area contributed by atoms with E-state index in [0.717, 1.165) is 16.8 Å². The number of carbonyl (C=O) groups is 1. The van der Waals surface area contributed by atoms with Gasteiger partial charge in [-0.25, -0.2) is 0 Å². The zero-order chi connectivity index (χ0) is 14.5. The zero-order valence-electron chi connectivity index (χ0n) is 11.8. The van der Waals surface area contributed by atoms with Crippen molar-refractivity contribution in [3.8, 4) is 0 Å². The second kappa shape index (κ2) is 6.23. The highest BCUT2D eigenvalue weighted by Gasteiger charge is 2.15. The summed E-state index contributed by atoms with van der Waals surface area (Å²) in [7, 11) is 1.81. The maximum atomic E-state index is 12.2. The third-order valence-corrected chi connectivity index (χ3v) is 3.39. The molecule has 1 atom stereocenters. The van der Waals surface area contributed by atoms with Crippen LogP contribution in [0, 0.1) is 0 Å². The Balaban J connectivity index is 1.91. The number of rotatable bonds is 5. The summed E-state index contributed by atoms with van der Waals surface area (Å²) in [5, 5.41) is 6.62. The maximum Gasteiger partial charge on any atom is 0.223 e. The van der Waals surface area contributed by atoms with Gasteiger partial charge in [-0.3, -0.25) is 9.89 Å². The van der Waals surface area contributed by atoms with E-state index in [1.807, 2.05) is 31.3 Å². The Kier molecular flexibility index (Phi) is 4.40. The average Bonchev–Trinajstić information content (AvgIpc) is 2.92. The van der Waals surface area contributed by atoms with E-state index in [0.29, 0.717) is 13.0 Å². The van der Waals surface area contributed by atoms with Gasteiger partial charge in [0.1, 0.15) is 0 Å². The second-order valence-electron chi connectivity index (χ2n) is 5.13. The smallest absolute Gasteiger partial charge is 0.223 e. The maximum absolute atomic E-state index is 12.2. The Bertz CT molecular complexity index is 548. The van der Waals surface area contributed by atoms with Gasteiger partial charge >= 0.3 is 0 Å². The molecule has 1 amide bonds. The zero-order valence-corrected chi connectivity index (χ0v) is 11.8.